The van der Waals surface area contributed by atoms with Crippen LogP contribution in [0.2, 0.25) is 0 Å². The fourth-order valence-electron chi connectivity index (χ4n) is 2.49. The minimum atomic E-state index is -0.556. The van der Waals surface area contributed by atoms with E-state index in [1.54, 1.807) is 6.92 Å². The first kappa shape index (κ1) is 18.8. The highest BCUT2D eigenvalue weighted by Gasteiger charge is 2.16. The first-order chi connectivity index (χ1) is 11.9. The fourth-order valence-corrected chi connectivity index (χ4v) is 2.49. The molecule has 0 spiro atoms. The van der Waals surface area contributed by atoms with E-state index in [-0.39, 0.29) is 5.91 Å². The van der Waals surface area contributed by atoms with Gasteiger partial charge in [-0.05, 0) is 69.5 Å². The van der Waals surface area contributed by atoms with Crippen LogP contribution < -0.4 is 14.8 Å². The Hall–Kier alpha value is -2.49. The molecule has 134 valence electrons. The highest BCUT2D eigenvalue weighted by atomic mass is 16.5. The molecule has 0 heterocycles. The Morgan fingerprint density at radius 2 is 1.72 bits per heavy atom. The van der Waals surface area contributed by atoms with Crippen LogP contribution >= 0.6 is 0 Å². The van der Waals surface area contributed by atoms with Gasteiger partial charge in [0.1, 0.15) is 18.1 Å². The van der Waals surface area contributed by atoms with Gasteiger partial charge in [-0.1, -0.05) is 23.8 Å². The van der Waals surface area contributed by atoms with Crippen LogP contribution in [0, 0.1) is 27.7 Å². The number of ether oxygens (including phenoxy) is 2. The predicted molar refractivity (Wildman–Crippen MR) is 100 cm³/mol. The number of rotatable bonds is 7. The molecule has 1 N–H and O–H groups in total. The normalized spacial score (nSPS) is 11.7. The number of benzene rings is 2. The van der Waals surface area contributed by atoms with E-state index in [0.29, 0.717) is 13.2 Å². The topological polar surface area (TPSA) is 47.6 Å². The van der Waals surface area contributed by atoms with E-state index in [4.69, 9.17) is 9.47 Å². The van der Waals surface area contributed by atoms with Crippen molar-refractivity contribution in [3.8, 4) is 11.5 Å². The molecule has 2 aromatic carbocycles. The van der Waals surface area contributed by atoms with Gasteiger partial charge in [0.2, 0.25) is 0 Å². The van der Waals surface area contributed by atoms with E-state index in [2.05, 4.69) is 11.4 Å². The minimum Gasteiger partial charge on any atom is -0.492 e. The maximum absolute atomic E-state index is 12.2. The Kier molecular flexibility index (Phi) is 6.45. The van der Waals surface area contributed by atoms with Crippen molar-refractivity contribution in [2.45, 2.75) is 40.7 Å². The lowest BCUT2D eigenvalue weighted by Gasteiger charge is -2.18. The molecule has 0 saturated carbocycles. The van der Waals surface area contributed by atoms with Crippen LogP contribution in [0.5, 0.6) is 11.5 Å². The molecule has 2 aromatic rings. The summed E-state index contributed by atoms with van der Waals surface area (Å²) in [6, 6.07) is 11.9. The third-order valence-electron chi connectivity index (χ3n) is 4.13. The summed E-state index contributed by atoms with van der Waals surface area (Å²) < 4.78 is 11.4. The van der Waals surface area contributed by atoms with Crippen LogP contribution in [0.15, 0.2) is 36.4 Å². The summed E-state index contributed by atoms with van der Waals surface area (Å²) in [5.41, 5.74) is 4.53. The number of nitrogens with one attached hydrogen (secondary N) is 1. The summed E-state index contributed by atoms with van der Waals surface area (Å²) in [6.45, 7) is 10.7. The van der Waals surface area contributed by atoms with Gasteiger partial charge < -0.3 is 14.8 Å². The number of carbonyl (C=O) groups is 1. The van der Waals surface area contributed by atoms with Crippen molar-refractivity contribution in [2.75, 3.05) is 13.2 Å². The number of aryl methyl sites for hydroxylation is 3. The molecule has 0 unspecified atom stereocenters. The maximum Gasteiger partial charge on any atom is 0.260 e. The fraction of sp³-hybridized carbons (Fsp3) is 0.381. The molecule has 0 aliphatic carbocycles. The molecule has 0 saturated heterocycles. The van der Waals surface area contributed by atoms with Crippen molar-refractivity contribution in [3.05, 3.63) is 58.7 Å². The molecular formula is C21H27NO3. The molecule has 0 aliphatic rings. The van der Waals surface area contributed by atoms with E-state index in [1.807, 2.05) is 58.0 Å². The average molecular weight is 341 g/mol. The van der Waals surface area contributed by atoms with Gasteiger partial charge >= 0.3 is 0 Å². The standard InChI is InChI=1S/C21H27NO3/c1-14-6-8-19(9-7-14)24-11-10-22-21(23)18(5)25-20-13-15(2)12-16(3)17(20)4/h6-9,12-13,18H,10-11H2,1-5H3,(H,22,23)/t18-/m0/s1. The first-order valence-electron chi connectivity index (χ1n) is 8.58. The zero-order valence-corrected chi connectivity index (χ0v) is 15.7. The molecule has 0 bridgehead atoms. The first-order valence-corrected chi connectivity index (χ1v) is 8.58. The number of amides is 1. The molecule has 25 heavy (non-hydrogen) atoms. The van der Waals surface area contributed by atoms with Crippen molar-refractivity contribution in [2.24, 2.45) is 0 Å². The zero-order valence-electron chi connectivity index (χ0n) is 15.7. The SMILES string of the molecule is Cc1ccc(OCCNC(=O)[C@H](C)Oc2cc(C)cc(C)c2C)cc1. The zero-order chi connectivity index (χ0) is 18.4. The Bertz CT molecular complexity index is 723. The summed E-state index contributed by atoms with van der Waals surface area (Å²) in [5, 5.41) is 2.84. The second-order valence-electron chi connectivity index (χ2n) is 6.42. The Morgan fingerprint density at radius 3 is 2.40 bits per heavy atom. The van der Waals surface area contributed by atoms with Gasteiger partial charge in [-0.2, -0.15) is 0 Å². The smallest absolute Gasteiger partial charge is 0.260 e. The molecule has 0 aliphatic heterocycles. The van der Waals surface area contributed by atoms with Gasteiger partial charge in [-0.25, -0.2) is 0 Å². The van der Waals surface area contributed by atoms with Gasteiger partial charge in [-0.15, -0.1) is 0 Å². The molecule has 4 nitrogen and oxygen atoms in total. The predicted octanol–water partition coefficient (Wildman–Crippen LogP) is 3.88. The minimum absolute atomic E-state index is 0.147. The third kappa shape index (κ3) is 5.52. The Labute approximate surface area is 150 Å². The highest BCUT2D eigenvalue weighted by Crippen LogP contribution is 2.24. The second-order valence-corrected chi connectivity index (χ2v) is 6.42. The summed E-state index contributed by atoms with van der Waals surface area (Å²) in [5.74, 6) is 1.41. The quantitative estimate of drug-likeness (QED) is 0.778. The molecule has 1 atom stereocenters. The van der Waals surface area contributed by atoms with Crippen molar-refractivity contribution < 1.29 is 14.3 Å². The number of carbonyl (C=O) groups excluding carboxylic acids is 1. The number of hydrogen-bond acceptors (Lipinski definition) is 3. The van der Waals surface area contributed by atoms with Gasteiger partial charge in [0, 0.05) is 0 Å². The van der Waals surface area contributed by atoms with Crippen LogP contribution in [-0.2, 0) is 4.79 Å². The van der Waals surface area contributed by atoms with Crippen LogP contribution in [0.1, 0.15) is 29.2 Å². The van der Waals surface area contributed by atoms with E-state index in [0.717, 1.165) is 28.2 Å². The van der Waals surface area contributed by atoms with Crippen molar-refractivity contribution in [1.82, 2.24) is 5.32 Å². The van der Waals surface area contributed by atoms with E-state index in [1.165, 1.54) is 5.56 Å². The van der Waals surface area contributed by atoms with Crippen LogP contribution in [0.3, 0.4) is 0 Å². The molecule has 1 amide bonds. The molecule has 2 rings (SSSR count). The van der Waals surface area contributed by atoms with Gasteiger partial charge in [0.25, 0.3) is 5.91 Å². The van der Waals surface area contributed by atoms with Gasteiger partial charge in [-0.3, -0.25) is 4.79 Å². The lowest BCUT2D eigenvalue weighted by molar-refractivity contribution is -0.127. The molecular weight excluding hydrogens is 314 g/mol. The van der Waals surface area contributed by atoms with Gasteiger partial charge in [0.05, 0.1) is 6.54 Å². The van der Waals surface area contributed by atoms with E-state index >= 15 is 0 Å². The lowest BCUT2D eigenvalue weighted by Crippen LogP contribution is -2.38. The van der Waals surface area contributed by atoms with Crippen LogP contribution in [0.4, 0.5) is 0 Å². The molecule has 4 heteroatoms. The van der Waals surface area contributed by atoms with Crippen LogP contribution in [0.25, 0.3) is 0 Å². The van der Waals surface area contributed by atoms with Crippen molar-refractivity contribution in [1.29, 1.82) is 0 Å². The molecule has 0 aromatic heterocycles. The summed E-state index contributed by atoms with van der Waals surface area (Å²) in [6.07, 6.45) is -0.556. The highest BCUT2D eigenvalue weighted by molar-refractivity contribution is 5.80. The summed E-state index contributed by atoms with van der Waals surface area (Å²) in [4.78, 5) is 12.2. The van der Waals surface area contributed by atoms with Gasteiger partial charge in [0.15, 0.2) is 6.10 Å². The maximum atomic E-state index is 12.2. The van der Waals surface area contributed by atoms with E-state index in [9.17, 15) is 4.79 Å². The lowest BCUT2D eigenvalue weighted by atomic mass is 10.1. The largest absolute Gasteiger partial charge is 0.492 e. The third-order valence-corrected chi connectivity index (χ3v) is 4.13. The Morgan fingerprint density at radius 1 is 1.04 bits per heavy atom. The molecule has 0 fully saturated rings. The summed E-state index contributed by atoms with van der Waals surface area (Å²) in [7, 11) is 0. The monoisotopic (exact) mass is 341 g/mol. The number of hydrogen-bond donors (Lipinski definition) is 1. The summed E-state index contributed by atoms with van der Waals surface area (Å²) >= 11 is 0. The van der Waals surface area contributed by atoms with Crippen LogP contribution in [-0.4, -0.2) is 25.2 Å². The van der Waals surface area contributed by atoms with E-state index < -0.39 is 6.10 Å². The van der Waals surface area contributed by atoms with Crippen molar-refractivity contribution >= 4 is 5.91 Å². The second kappa shape index (κ2) is 8.56. The van der Waals surface area contributed by atoms with Crippen molar-refractivity contribution in [3.63, 3.8) is 0 Å². The average Bonchev–Trinajstić information content (AvgIpc) is 2.57. The molecule has 0 radical (unpaired) electrons. The Balaban J connectivity index is 1.79.